The second kappa shape index (κ2) is 5.41. The fourth-order valence-electron chi connectivity index (χ4n) is 1.52. The van der Waals surface area contributed by atoms with Gasteiger partial charge in [-0.1, -0.05) is 17.7 Å². The van der Waals surface area contributed by atoms with E-state index >= 15 is 0 Å². The molecule has 0 fully saturated rings. The summed E-state index contributed by atoms with van der Waals surface area (Å²) in [5.74, 6) is -0.154. The molecule has 7 heteroatoms. The Morgan fingerprint density at radius 1 is 1.20 bits per heavy atom. The number of phenolic OH excluding ortho intramolecular Hbond substituents is 1. The third kappa shape index (κ3) is 3.02. The minimum atomic E-state index is -3.86. The lowest BCUT2D eigenvalue weighted by Crippen LogP contribution is -2.13. The van der Waals surface area contributed by atoms with Crippen LogP contribution in [0.5, 0.6) is 5.75 Å². The Labute approximate surface area is 121 Å². The van der Waals surface area contributed by atoms with Crippen LogP contribution in [0.3, 0.4) is 0 Å². The molecule has 0 aliphatic heterocycles. The third-order valence-electron chi connectivity index (χ3n) is 2.47. The molecule has 0 radical (unpaired) electrons. The zero-order chi connectivity index (χ0) is 14.8. The molecule has 20 heavy (non-hydrogen) atoms. The van der Waals surface area contributed by atoms with Crippen molar-refractivity contribution in [3.63, 3.8) is 0 Å². The molecule has 0 atom stereocenters. The van der Waals surface area contributed by atoms with E-state index in [-0.39, 0.29) is 21.4 Å². The first-order valence-corrected chi connectivity index (χ1v) is 7.30. The summed E-state index contributed by atoms with van der Waals surface area (Å²) in [6.45, 7) is 0. The van der Waals surface area contributed by atoms with E-state index in [9.17, 15) is 13.5 Å². The maximum Gasteiger partial charge on any atom is 0.262 e. The predicted molar refractivity (Wildman–Crippen MR) is 75.1 cm³/mol. The normalized spacial score (nSPS) is 10.8. The Bertz CT molecular complexity index is 798. The van der Waals surface area contributed by atoms with Gasteiger partial charge < -0.3 is 5.11 Å². The van der Waals surface area contributed by atoms with Crippen molar-refractivity contribution in [2.24, 2.45) is 0 Å². The maximum absolute atomic E-state index is 12.1. The molecule has 2 aromatic rings. The number of phenols is 1. The van der Waals surface area contributed by atoms with Gasteiger partial charge >= 0.3 is 0 Å². The predicted octanol–water partition coefficient (Wildman–Crippen LogP) is 2.72. The van der Waals surface area contributed by atoms with Gasteiger partial charge in [0.1, 0.15) is 5.75 Å². The number of hydrogen-bond donors (Lipinski definition) is 2. The number of halogens is 1. The highest BCUT2D eigenvalue weighted by atomic mass is 35.5. The minimum absolute atomic E-state index is 0.0853. The van der Waals surface area contributed by atoms with Gasteiger partial charge in [-0.3, -0.25) is 4.72 Å². The van der Waals surface area contributed by atoms with Crippen LogP contribution in [0.1, 0.15) is 5.56 Å². The molecular formula is C13H9ClN2O3S. The second-order valence-corrected chi connectivity index (χ2v) is 6.00. The van der Waals surface area contributed by atoms with Crippen LogP contribution in [0.25, 0.3) is 0 Å². The first kappa shape index (κ1) is 14.2. The molecule has 0 saturated heterocycles. The molecule has 0 aliphatic carbocycles. The molecule has 102 valence electrons. The molecule has 2 N–H and O–H groups in total. The summed E-state index contributed by atoms with van der Waals surface area (Å²) >= 11 is 5.91. The van der Waals surface area contributed by atoms with Crippen molar-refractivity contribution in [3.8, 4) is 11.8 Å². The smallest absolute Gasteiger partial charge is 0.262 e. The highest BCUT2D eigenvalue weighted by Gasteiger charge is 2.16. The van der Waals surface area contributed by atoms with Crippen LogP contribution in [0.4, 0.5) is 5.69 Å². The van der Waals surface area contributed by atoms with Gasteiger partial charge in [0.15, 0.2) is 0 Å². The van der Waals surface area contributed by atoms with Gasteiger partial charge in [0.05, 0.1) is 27.2 Å². The van der Waals surface area contributed by atoms with Gasteiger partial charge in [-0.2, -0.15) is 5.26 Å². The van der Waals surface area contributed by atoms with Gasteiger partial charge in [0, 0.05) is 6.07 Å². The zero-order valence-electron chi connectivity index (χ0n) is 10.0. The number of hydrogen-bond acceptors (Lipinski definition) is 4. The standard InChI is InChI=1S/C13H9ClN2O3S/c14-12-6-9(8-15)4-5-13(12)16-20(18,19)11-3-1-2-10(17)7-11/h1-7,16-17H. The van der Waals surface area contributed by atoms with Gasteiger partial charge in [-0.15, -0.1) is 0 Å². The van der Waals surface area contributed by atoms with Crippen molar-refractivity contribution in [1.82, 2.24) is 0 Å². The molecule has 2 aromatic carbocycles. The molecule has 0 spiro atoms. The molecule has 5 nitrogen and oxygen atoms in total. The first-order chi connectivity index (χ1) is 9.42. The van der Waals surface area contributed by atoms with Crippen molar-refractivity contribution in [1.29, 1.82) is 5.26 Å². The number of nitrogens with one attached hydrogen (secondary N) is 1. The Morgan fingerprint density at radius 2 is 1.95 bits per heavy atom. The van der Waals surface area contributed by atoms with E-state index < -0.39 is 10.0 Å². The average molecular weight is 309 g/mol. The number of aromatic hydroxyl groups is 1. The summed E-state index contributed by atoms with van der Waals surface area (Å²) in [4.78, 5) is -0.0853. The summed E-state index contributed by atoms with van der Waals surface area (Å²) in [6, 6.07) is 11.4. The van der Waals surface area contributed by atoms with E-state index in [4.69, 9.17) is 16.9 Å². The Kier molecular flexibility index (Phi) is 3.84. The van der Waals surface area contributed by atoms with Crippen LogP contribution < -0.4 is 4.72 Å². The Hall–Kier alpha value is -2.23. The maximum atomic E-state index is 12.1. The lowest BCUT2D eigenvalue weighted by molar-refractivity contribution is 0.473. The van der Waals surface area contributed by atoms with Gasteiger partial charge in [-0.05, 0) is 30.3 Å². The molecule has 0 aliphatic rings. The largest absolute Gasteiger partial charge is 0.508 e. The summed E-state index contributed by atoms with van der Waals surface area (Å²) in [5, 5.41) is 18.1. The van der Waals surface area contributed by atoms with E-state index in [1.165, 1.54) is 36.4 Å². The molecule has 0 unspecified atom stereocenters. The highest BCUT2D eigenvalue weighted by molar-refractivity contribution is 7.92. The van der Waals surface area contributed by atoms with Crippen molar-refractivity contribution < 1.29 is 13.5 Å². The molecule has 2 rings (SSSR count). The van der Waals surface area contributed by atoms with E-state index in [2.05, 4.69) is 4.72 Å². The number of nitriles is 1. The van der Waals surface area contributed by atoms with Crippen LogP contribution >= 0.6 is 11.6 Å². The molecular weight excluding hydrogens is 300 g/mol. The van der Waals surface area contributed by atoms with Crippen LogP contribution in [-0.4, -0.2) is 13.5 Å². The van der Waals surface area contributed by atoms with Crippen LogP contribution in [0, 0.1) is 11.3 Å². The fraction of sp³-hybridized carbons (Fsp3) is 0. The highest BCUT2D eigenvalue weighted by Crippen LogP contribution is 2.26. The molecule has 0 aromatic heterocycles. The molecule has 0 heterocycles. The van der Waals surface area contributed by atoms with Gasteiger partial charge in [0.2, 0.25) is 0 Å². The average Bonchev–Trinajstić information content (AvgIpc) is 2.41. The summed E-state index contributed by atoms with van der Waals surface area (Å²) in [6.07, 6.45) is 0. The topological polar surface area (TPSA) is 90.2 Å². The zero-order valence-corrected chi connectivity index (χ0v) is 11.6. The third-order valence-corrected chi connectivity index (χ3v) is 4.15. The number of rotatable bonds is 3. The Balaban J connectivity index is 2.36. The van der Waals surface area contributed by atoms with Crippen LogP contribution in [0.15, 0.2) is 47.4 Å². The van der Waals surface area contributed by atoms with E-state index in [1.807, 2.05) is 6.07 Å². The quantitative estimate of drug-likeness (QED) is 0.912. The summed E-state index contributed by atoms with van der Waals surface area (Å²) in [5.41, 5.74) is 0.490. The molecule has 0 bridgehead atoms. The Morgan fingerprint density at radius 3 is 2.55 bits per heavy atom. The number of anilines is 1. The summed E-state index contributed by atoms with van der Waals surface area (Å²) in [7, 11) is -3.86. The van der Waals surface area contributed by atoms with Crippen molar-refractivity contribution in [2.75, 3.05) is 4.72 Å². The first-order valence-electron chi connectivity index (χ1n) is 5.44. The van der Waals surface area contributed by atoms with E-state index in [0.717, 1.165) is 6.07 Å². The number of nitrogens with zero attached hydrogens (tertiary/aromatic N) is 1. The minimum Gasteiger partial charge on any atom is -0.508 e. The number of sulfonamides is 1. The fourth-order valence-corrected chi connectivity index (χ4v) is 2.92. The second-order valence-electron chi connectivity index (χ2n) is 3.91. The van der Waals surface area contributed by atoms with Crippen molar-refractivity contribution in [3.05, 3.63) is 53.1 Å². The van der Waals surface area contributed by atoms with Crippen molar-refractivity contribution >= 4 is 27.3 Å². The van der Waals surface area contributed by atoms with E-state index in [1.54, 1.807) is 0 Å². The van der Waals surface area contributed by atoms with Crippen LogP contribution in [-0.2, 0) is 10.0 Å². The van der Waals surface area contributed by atoms with Gasteiger partial charge in [-0.25, -0.2) is 8.42 Å². The lowest BCUT2D eigenvalue weighted by atomic mass is 10.2. The van der Waals surface area contributed by atoms with Gasteiger partial charge in [0.25, 0.3) is 10.0 Å². The SMILES string of the molecule is N#Cc1ccc(NS(=O)(=O)c2cccc(O)c2)c(Cl)c1. The summed E-state index contributed by atoms with van der Waals surface area (Å²) < 4.78 is 26.5. The monoisotopic (exact) mass is 308 g/mol. The molecule has 0 amide bonds. The molecule has 0 saturated carbocycles. The lowest BCUT2D eigenvalue weighted by Gasteiger charge is -2.10. The van der Waals surface area contributed by atoms with E-state index in [0.29, 0.717) is 5.56 Å². The van der Waals surface area contributed by atoms with Crippen molar-refractivity contribution in [2.45, 2.75) is 4.90 Å². The van der Waals surface area contributed by atoms with Crippen LogP contribution in [0.2, 0.25) is 5.02 Å². The number of benzene rings is 2.